The summed E-state index contributed by atoms with van der Waals surface area (Å²) in [4.78, 5) is 15.8. The standard InChI is InChI=1S/C19H24N2O3S/c1-4-8-20-19(22)21-9-7-13-11-15(23-2)16(24-3)12-14(13)18(21)17-6-5-10-25-17/h5-6,10-12,18H,4,7-9H2,1-3H3,(H,20,22). The number of carbonyl (C=O) groups is 1. The van der Waals surface area contributed by atoms with Crippen LogP contribution in [0, 0.1) is 0 Å². The SMILES string of the molecule is CCCNC(=O)N1CCc2cc(OC)c(OC)cc2C1c1cccs1. The highest BCUT2D eigenvalue weighted by atomic mass is 32.1. The molecular formula is C19H24N2O3S. The number of nitrogens with one attached hydrogen (secondary N) is 1. The van der Waals surface area contributed by atoms with Crippen molar-refractivity contribution in [1.29, 1.82) is 0 Å². The van der Waals surface area contributed by atoms with E-state index in [1.54, 1.807) is 25.6 Å². The summed E-state index contributed by atoms with van der Waals surface area (Å²) in [6.07, 6.45) is 1.72. The zero-order valence-corrected chi connectivity index (χ0v) is 15.7. The van der Waals surface area contributed by atoms with Crippen molar-refractivity contribution in [2.75, 3.05) is 27.3 Å². The molecule has 0 aliphatic carbocycles. The second-order valence-electron chi connectivity index (χ2n) is 6.00. The second kappa shape index (κ2) is 7.78. The van der Waals surface area contributed by atoms with Gasteiger partial charge in [-0.25, -0.2) is 4.79 Å². The van der Waals surface area contributed by atoms with Gasteiger partial charge in [0.05, 0.1) is 20.3 Å². The molecule has 0 saturated heterocycles. The number of methoxy groups -OCH3 is 2. The highest BCUT2D eigenvalue weighted by molar-refractivity contribution is 7.10. The van der Waals surface area contributed by atoms with Gasteiger partial charge in [-0.3, -0.25) is 0 Å². The Morgan fingerprint density at radius 3 is 2.72 bits per heavy atom. The molecule has 1 aromatic carbocycles. The van der Waals surface area contributed by atoms with Gasteiger partial charge in [-0.1, -0.05) is 13.0 Å². The van der Waals surface area contributed by atoms with Crippen LogP contribution in [0.4, 0.5) is 4.79 Å². The van der Waals surface area contributed by atoms with Crippen molar-refractivity contribution in [1.82, 2.24) is 10.2 Å². The fourth-order valence-electron chi connectivity index (χ4n) is 3.25. The number of hydrogen-bond donors (Lipinski definition) is 1. The monoisotopic (exact) mass is 360 g/mol. The summed E-state index contributed by atoms with van der Waals surface area (Å²) < 4.78 is 10.9. The van der Waals surface area contributed by atoms with Crippen molar-refractivity contribution < 1.29 is 14.3 Å². The minimum Gasteiger partial charge on any atom is -0.493 e. The average Bonchev–Trinajstić information content (AvgIpc) is 3.18. The summed E-state index contributed by atoms with van der Waals surface area (Å²) in [6, 6.07) is 8.05. The first kappa shape index (κ1) is 17.6. The van der Waals surface area contributed by atoms with E-state index in [0.29, 0.717) is 18.8 Å². The Labute approximate surface area is 152 Å². The van der Waals surface area contributed by atoms with Crippen molar-refractivity contribution in [3.63, 3.8) is 0 Å². The second-order valence-corrected chi connectivity index (χ2v) is 6.98. The van der Waals surface area contributed by atoms with Gasteiger partial charge in [0, 0.05) is 18.0 Å². The van der Waals surface area contributed by atoms with Gasteiger partial charge in [-0.15, -0.1) is 11.3 Å². The molecular weight excluding hydrogens is 336 g/mol. The molecule has 2 amide bonds. The largest absolute Gasteiger partial charge is 0.493 e. The van der Waals surface area contributed by atoms with Crippen LogP contribution in [0.3, 0.4) is 0 Å². The van der Waals surface area contributed by atoms with Gasteiger partial charge in [-0.05, 0) is 47.5 Å². The van der Waals surface area contributed by atoms with Crippen molar-refractivity contribution in [3.8, 4) is 11.5 Å². The molecule has 134 valence electrons. The Morgan fingerprint density at radius 1 is 1.32 bits per heavy atom. The van der Waals surface area contributed by atoms with E-state index in [0.717, 1.165) is 29.0 Å². The normalized spacial score (nSPS) is 16.3. The van der Waals surface area contributed by atoms with Gasteiger partial charge < -0.3 is 19.7 Å². The van der Waals surface area contributed by atoms with Crippen LogP contribution in [-0.2, 0) is 6.42 Å². The quantitative estimate of drug-likeness (QED) is 0.881. The molecule has 1 unspecified atom stereocenters. The summed E-state index contributed by atoms with van der Waals surface area (Å²) in [5, 5.41) is 5.06. The predicted octanol–water partition coefficient (Wildman–Crippen LogP) is 3.83. The van der Waals surface area contributed by atoms with E-state index in [1.807, 2.05) is 28.5 Å². The number of benzene rings is 1. The van der Waals surface area contributed by atoms with Gasteiger partial charge in [-0.2, -0.15) is 0 Å². The Bertz CT molecular complexity index is 731. The molecule has 1 aliphatic rings. The Morgan fingerprint density at radius 2 is 2.08 bits per heavy atom. The molecule has 1 N–H and O–H groups in total. The van der Waals surface area contributed by atoms with Crippen LogP contribution in [0.1, 0.15) is 35.4 Å². The molecule has 0 saturated carbocycles. The molecule has 1 aliphatic heterocycles. The topological polar surface area (TPSA) is 50.8 Å². The number of amides is 2. The maximum Gasteiger partial charge on any atom is 0.318 e. The lowest BCUT2D eigenvalue weighted by Gasteiger charge is -2.37. The zero-order chi connectivity index (χ0) is 17.8. The van der Waals surface area contributed by atoms with Gasteiger partial charge in [0.2, 0.25) is 0 Å². The third-order valence-electron chi connectivity index (χ3n) is 4.47. The van der Waals surface area contributed by atoms with Crippen LogP contribution in [0.15, 0.2) is 29.6 Å². The Balaban J connectivity index is 2.04. The van der Waals surface area contributed by atoms with Gasteiger partial charge in [0.25, 0.3) is 0 Å². The fraction of sp³-hybridized carbons (Fsp3) is 0.421. The third-order valence-corrected chi connectivity index (χ3v) is 5.40. The number of urea groups is 1. The highest BCUT2D eigenvalue weighted by Gasteiger charge is 2.33. The number of nitrogens with zero attached hydrogens (tertiary/aromatic N) is 1. The minimum absolute atomic E-state index is 0.0133. The van der Waals surface area contributed by atoms with Crippen LogP contribution >= 0.6 is 11.3 Å². The molecule has 0 fully saturated rings. The van der Waals surface area contributed by atoms with E-state index in [2.05, 4.69) is 18.3 Å². The molecule has 1 aromatic heterocycles. The van der Waals surface area contributed by atoms with Crippen LogP contribution in [0.5, 0.6) is 11.5 Å². The minimum atomic E-state index is -0.0968. The fourth-order valence-corrected chi connectivity index (χ4v) is 4.11. The molecule has 25 heavy (non-hydrogen) atoms. The number of carbonyl (C=O) groups excluding carboxylic acids is 1. The number of thiophene rings is 1. The summed E-state index contributed by atoms with van der Waals surface area (Å²) in [5.74, 6) is 1.42. The lowest BCUT2D eigenvalue weighted by molar-refractivity contribution is 0.181. The summed E-state index contributed by atoms with van der Waals surface area (Å²) in [5.41, 5.74) is 2.31. The lowest BCUT2D eigenvalue weighted by Crippen LogP contribution is -2.46. The smallest absolute Gasteiger partial charge is 0.318 e. The van der Waals surface area contributed by atoms with Crippen LogP contribution in [0.25, 0.3) is 0 Å². The number of ether oxygens (including phenoxy) is 2. The number of hydrogen-bond acceptors (Lipinski definition) is 4. The van der Waals surface area contributed by atoms with E-state index in [9.17, 15) is 4.79 Å². The van der Waals surface area contributed by atoms with Crippen LogP contribution < -0.4 is 14.8 Å². The van der Waals surface area contributed by atoms with Gasteiger partial charge in [0.15, 0.2) is 11.5 Å². The molecule has 5 nitrogen and oxygen atoms in total. The van der Waals surface area contributed by atoms with E-state index in [1.165, 1.54) is 5.56 Å². The van der Waals surface area contributed by atoms with E-state index in [4.69, 9.17) is 9.47 Å². The average molecular weight is 360 g/mol. The number of fused-ring (bicyclic) bond motifs is 1. The molecule has 2 heterocycles. The van der Waals surface area contributed by atoms with Gasteiger partial charge >= 0.3 is 6.03 Å². The maximum absolute atomic E-state index is 12.7. The van der Waals surface area contributed by atoms with Crippen LogP contribution in [-0.4, -0.2) is 38.2 Å². The Hall–Kier alpha value is -2.21. The van der Waals surface area contributed by atoms with E-state index in [-0.39, 0.29) is 12.1 Å². The lowest BCUT2D eigenvalue weighted by atomic mass is 9.91. The van der Waals surface area contributed by atoms with E-state index >= 15 is 0 Å². The molecule has 1 atom stereocenters. The molecule has 0 bridgehead atoms. The van der Waals surface area contributed by atoms with E-state index < -0.39 is 0 Å². The summed E-state index contributed by atoms with van der Waals surface area (Å²) >= 11 is 1.67. The van der Waals surface area contributed by atoms with Crippen molar-refractivity contribution in [2.45, 2.75) is 25.8 Å². The summed E-state index contributed by atoms with van der Waals surface area (Å²) in [7, 11) is 3.28. The number of rotatable bonds is 5. The molecule has 6 heteroatoms. The molecule has 0 spiro atoms. The van der Waals surface area contributed by atoms with Crippen molar-refractivity contribution in [3.05, 3.63) is 45.6 Å². The Kier molecular flexibility index (Phi) is 5.48. The maximum atomic E-state index is 12.7. The molecule has 2 aromatic rings. The first-order chi connectivity index (χ1) is 12.2. The zero-order valence-electron chi connectivity index (χ0n) is 14.9. The first-order valence-corrected chi connectivity index (χ1v) is 9.40. The molecule has 0 radical (unpaired) electrons. The van der Waals surface area contributed by atoms with Crippen LogP contribution in [0.2, 0.25) is 0 Å². The third kappa shape index (κ3) is 3.44. The predicted molar refractivity (Wildman–Crippen MR) is 99.8 cm³/mol. The highest BCUT2D eigenvalue weighted by Crippen LogP contribution is 2.42. The van der Waals surface area contributed by atoms with Crippen molar-refractivity contribution in [2.24, 2.45) is 0 Å². The van der Waals surface area contributed by atoms with Gasteiger partial charge in [0.1, 0.15) is 0 Å². The summed E-state index contributed by atoms with van der Waals surface area (Å²) in [6.45, 7) is 3.42. The molecule has 3 rings (SSSR count). The van der Waals surface area contributed by atoms with Crippen molar-refractivity contribution >= 4 is 17.4 Å². The first-order valence-electron chi connectivity index (χ1n) is 8.52.